The van der Waals surface area contributed by atoms with Gasteiger partial charge in [-0.1, -0.05) is 60.7 Å². The van der Waals surface area contributed by atoms with Crippen molar-refractivity contribution in [2.24, 2.45) is 5.73 Å². The van der Waals surface area contributed by atoms with E-state index in [9.17, 15) is 22.8 Å². The number of nitrogens with one attached hydrogen (secondary N) is 2. The molecule has 254 valence electrons. The zero-order chi connectivity index (χ0) is 34.4. The maximum Gasteiger partial charge on any atom is 0.325 e. The molecule has 2 amide bonds. The first-order valence-corrected chi connectivity index (χ1v) is 16.4. The standard InChI is InChI=1S/C35H34N6O6S.ClH/c1-3-47-32(43)22-40(2)31(42)21-41(48(45,46)30-11-5-7-24-9-6-18-38-33(24)30)27-16-17-28-26(19-27)8-4-10-29(28)35(44)39-20-23-12-14-25(15-13-23)34(36)37;/h4-19H,3,20-22H2,1-2H3,(H3,36,37)(H,39,44);1H. The zero-order valence-corrected chi connectivity index (χ0v) is 28.4. The van der Waals surface area contributed by atoms with Gasteiger partial charge in [-0.2, -0.15) is 0 Å². The van der Waals surface area contributed by atoms with Crippen LogP contribution >= 0.6 is 12.4 Å². The molecule has 0 aliphatic rings. The molecule has 4 N–H and O–H groups in total. The molecular formula is C35H35ClN6O6S. The molecule has 1 aromatic heterocycles. The number of halogens is 1. The van der Waals surface area contributed by atoms with Crippen LogP contribution in [0.25, 0.3) is 21.7 Å². The van der Waals surface area contributed by atoms with Crippen LogP contribution in [0.5, 0.6) is 0 Å². The molecular weight excluding hydrogens is 668 g/mol. The van der Waals surface area contributed by atoms with E-state index in [4.69, 9.17) is 15.9 Å². The third-order valence-corrected chi connectivity index (χ3v) is 9.46. The number of hydrogen-bond donors (Lipinski definition) is 3. The van der Waals surface area contributed by atoms with Gasteiger partial charge in [0, 0.05) is 36.3 Å². The number of amidine groups is 1. The maximum absolute atomic E-state index is 14.4. The number of ether oxygens (including phenoxy) is 1. The monoisotopic (exact) mass is 702 g/mol. The van der Waals surface area contributed by atoms with Gasteiger partial charge in [0.25, 0.3) is 15.9 Å². The molecule has 0 aliphatic heterocycles. The number of aromatic nitrogens is 1. The van der Waals surface area contributed by atoms with Crippen molar-refractivity contribution in [3.63, 3.8) is 0 Å². The highest BCUT2D eigenvalue weighted by Gasteiger charge is 2.31. The Bertz CT molecular complexity index is 2140. The molecule has 0 saturated heterocycles. The lowest BCUT2D eigenvalue weighted by Gasteiger charge is -2.27. The quantitative estimate of drug-likeness (QED) is 0.0983. The van der Waals surface area contributed by atoms with E-state index < -0.39 is 28.4 Å². The molecule has 0 atom stereocenters. The molecule has 0 unspecified atom stereocenters. The first-order chi connectivity index (χ1) is 23.0. The van der Waals surface area contributed by atoms with Crippen LogP contribution in [0.2, 0.25) is 0 Å². The molecule has 5 aromatic rings. The van der Waals surface area contributed by atoms with Gasteiger partial charge in [-0.05, 0) is 53.6 Å². The van der Waals surface area contributed by atoms with Crippen LogP contribution < -0.4 is 15.4 Å². The summed E-state index contributed by atoms with van der Waals surface area (Å²) in [7, 11) is -2.99. The number of benzene rings is 4. The largest absolute Gasteiger partial charge is 0.465 e. The number of amides is 2. The Hall–Kier alpha value is -5.53. The van der Waals surface area contributed by atoms with E-state index in [1.807, 2.05) is 0 Å². The summed E-state index contributed by atoms with van der Waals surface area (Å²) in [4.78, 5) is 44.1. The van der Waals surface area contributed by atoms with Gasteiger partial charge in [0.2, 0.25) is 5.91 Å². The van der Waals surface area contributed by atoms with Crippen LogP contribution in [0.3, 0.4) is 0 Å². The average molecular weight is 703 g/mol. The normalized spacial score (nSPS) is 11.0. The van der Waals surface area contributed by atoms with Crippen molar-refractivity contribution in [3.05, 3.63) is 114 Å². The van der Waals surface area contributed by atoms with Crippen LogP contribution in [0, 0.1) is 5.41 Å². The van der Waals surface area contributed by atoms with Crippen molar-refractivity contribution >= 4 is 73.4 Å². The van der Waals surface area contributed by atoms with Crippen molar-refractivity contribution in [2.45, 2.75) is 18.4 Å². The molecule has 0 bridgehead atoms. The van der Waals surface area contributed by atoms with Crippen LogP contribution in [-0.4, -0.2) is 68.7 Å². The predicted molar refractivity (Wildman–Crippen MR) is 190 cm³/mol. The number of nitrogens with zero attached hydrogens (tertiary/aromatic N) is 3. The summed E-state index contributed by atoms with van der Waals surface area (Å²) in [6.07, 6.45) is 1.49. The number of fused-ring (bicyclic) bond motifs is 2. The van der Waals surface area contributed by atoms with E-state index >= 15 is 0 Å². The van der Waals surface area contributed by atoms with Crippen LogP contribution in [0.15, 0.2) is 102 Å². The first kappa shape index (κ1) is 36.3. The second-order valence-electron chi connectivity index (χ2n) is 10.9. The second kappa shape index (κ2) is 15.6. The Morgan fingerprint density at radius 2 is 1.61 bits per heavy atom. The summed E-state index contributed by atoms with van der Waals surface area (Å²) < 4.78 is 34.7. The molecule has 14 heteroatoms. The highest BCUT2D eigenvalue weighted by Crippen LogP contribution is 2.31. The maximum atomic E-state index is 14.4. The lowest BCUT2D eigenvalue weighted by Crippen LogP contribution is -2.43. The molecule has 5 rings (SSSR count). The number of nitrogens with two attached hydrogens (primary N) is 1. The SMILES string of the molecule is CCOC(=O)CN(C)C(=O)CN(c1ccc2c(C(=O)NCc3ccc(C(=N)N)cc3)cccc2c1)S(=O)(=O)c1cccc2cccnc12.Cl. The molecule has 0 fully saturated rings. The molecule has 0 radical (unpaired) electrons. The minimum atomic E-state index is -4.38. The smallest absolute Gasteiger partial charge is 0.325 e. The number of esters is 1. The van der Waals surface area contributed by atoms with Gasteiger partial charge in [-0.25, -0.2) is 8.42 Å². The number of para-hydroxylation sites is 1. The van der Waals surface area contributed by atoms with E-state index in [2.05, 4.69) is 10.3 Å². The number of hydrogen-bond acceptors (Lipinski definition) is 8. The number of anilines is 1. The molecule has 1 heterocycles. The number of carbonyl (C=O) groups is 3. The van der Waals surface area contributed by atoms with E-state index in [1.165, 1.54) is 25.4 Å². The highest BCUT2D eigenvalue weighted by molar-refractivity contribution is 7.93. The zero-order valence-electron chi connectivity index (χ0n) is 26.8. The molecule has 12 nitrogen and oxygen atoms in total. The van der Waals surface area contributed by atoms with E-state index in [-0.39, 0.29) is 59.9 Å². The van der Waals surface area contributed by atoms with Crippen LogP contribution in [-0.2, 0) is 30.9 Å². The first-order valence-electron chi connectivity index (χ1n) is 15.0. The molecule has 0 aliphatic carbocycles. The fourth-order valence-electron chi connectivity index (χ4n) is 5.15. The Morgan fingerprint density at radius 1 is 0.918 bits per heavy atom. The average Bonchev–Trinajstić information content (AvgIpc) is 3.08. The van der Waals surface area contributed by atoms with Crippen molar-refractivity contribution in [1.82, 2.24) is 15.2 Å². The van der Waals surface area contributed by atoms with Gasteiger partial charge >= 0.3 is 5.97 Å². The third kappa shape index (κ3) is 8.13. The molecule has 0 spiro atoms. The van der Waals surface area contributed by atoms with E-state index in [1.54, 1.807) is 85.8 Å². The predicted octanol–water partition coefficient (Wildman–Crippen LogP) is 4.24. The Labute approximate surface area is 289 Å². The van der Waals surface area contributed by atoms with Gasteiger partial charge in [0.1, 0.15) is 23.8 Å². The summed E-state index contributed by atoms with van der Waals surface area (Å²) in [5.74, 6) is -1.64. The van der Waals surface area contributed by atoms with Gasteiger partial charge in [0.15, 0.2) is 0 Å². The number of rotatable bonds is 12. The molecule has 0 saturated carbocycles. The Morgan fingerprint density at radius 3 is 2.33 bits per heavy atom. The summed E-state index contributed by atoms with van der Waals surface area (Å²) in [6.45, 7) is 1.05. The summed E-state index contributed by atoms with van der Waals surface area (Å²) in [6, 6.07) is 25.1. The van der Waals surface area contributed by atoms with Crippen molar-refractivity contribution in [2.75, 3.05) is 31.0 Å². The highest BCUT2D eigenvalue weighted by atomic mass is 35.5. The van der Waals surface area contributed by atoms with Crippen molar-refractivity contribution in [1.29, 1.82) is 5.41 Å². The Kier molecular flexibility index (Phi) is 11.5. The minimum absolute atomic E-state index is 0. The summed E-state index contributed by atoms with van der Waals surface area (Å²) >= 11 is 0. The summed E-state index contributed by atoms with van der Waals surface area (Å²) in [5, 5.41) is 12.2. The van der Waals surface area contributed by atoms with Crippen LogP contribution in [0.1, 0.15) is 28.4 Å². The minimum Gasteiger partial charge on any atom is -0.465 e. The number of likely N-dealkylation sites (N-methyl/N-ethyl adjacent to an activating group) is 1. The number of sulfonamides is 1. The number of carbonyl (C=O) groups excluding carboxylic acids is 3. The fraction of sp³-hybridized carbons (Fsp3) is 0.171. The van der Waals surface area contributed by atoms with Gasteiger partial charge < -0.3 is 20.7 Å². The van der Waals surface area contributed by atoms with Crippen LogP contribution in [0.4, 0.5) is 5.69 Å². The topological polar surface area (TPSA) is 176 Å². The second-order valence-corrected chi connectivity index (χ2v) is 12.7. The Balaban J connectivity index is 0.00000541. The van der Waals surface area contributed by atoms with Gasteiger partial charge in [-0.3, -0.25) is 29.1 Å². The molecule has 49 heavy (non-hydrogen) atoms. The third-order valence-electron chi connectivity index (χ3n) is 7.65. The number of nitrogen functional groups attached to an aromatic ring is 1. The van der Waals surface area contributed by atoms with Crippen molar-refractivity contribution in [3.8, 4) is 0 Å². The fourth-order valence-corrected chi connectivity index (χ4v) is 6.73. The molecule has 4 aromatic carbocycles. The lowest BCUT2D eigenvalue weighted by atomic mass is 10.0. The van der Waals surface area contributed by atoms with E-state index in [0.717, 1.165) is 14.8 Å². The van der Waals surface area contributed by atoms with Gasteiger partial charge in [-0.15, -0.1) is 12.4 Å². The van der Waals surface area contributed by atoms with Crippen molar-refractivity contribution < 1.29 is 27.5 Å². The summed E-state index contributed by atoms with van der Waals surface area (Å²) in [5.41, 5.74) is 7.71. The van der Waals surface area contributed by atoms with E-state index in [0.29, 0.717) is 27.3 Å². The lowest BCUT2D eigenvalue weighted by molar-refractivity contribution is -0.147. The van der Waals surface area contributed by atoms with Gasteiger partial charge in [0.05, 0.1) is 17.8 Å². The number of pyridine rings is 1.